The first kappa shape index (κ1) is 19.6. The van der Waals surface area contributed by atoms with Gasteiger partial charge in [-0.05, 0) is 33.3 Å². The molecule has 0 aromatic carbocycles. The Morgan fingerprint density at radius 1 is 1.23 bits per heavy atom. The number of guanidine groups is 1. The maximum absolute atomic E-state index is 11.9. The van der Waals surface area contributed by atoms with Crippen molar-refractivity contribution in [2.24, 2.45) is 12.0 Å². The third-order valence-corrected chi connectivity index (χ3v) is 4.31. The molecule has 1 amide bonds. The fourth-order valence-corrected chi connectivity index (χ4v) is 2.65. The third-order valence-electron chi connectivity index (χ3n) is 4.31. The van der Waals surface area contributed by atoms with Crippen molar-refractivity contribution in [1.29, 1.82) is 0 Å². The van der Waals surface area contributed by atoms with Gasteiger partial charge in [-0.25, -0.2) is 0 Å². The summed E-state index contributed by atoms with van der Waals surface area (Å²) in [6.07, 6.45) is 2.30. The molecule has 0 fully saturated rings. The van der Waals surface area contributed by atoms with E-state index in [-0.39, 0.29) is 5.91 Å². The van der Waals surface area contributed by atoms with E-state index in [9.17, 15) is 4.79 Å². The Morgan fingerprint density at radius 3 is 2.54 bits per heavy atom. The molecular weight excluding hydrogens is 332 g/mol. The summed E-state index contributed by atoms with van der Waals surface area (Å²) in [6, 6.07) is 1.78. The van der Waals surface area contributed by atoms with Gasteiger partial charge in [-0.3, -0.25) is 14.5 Å². The minimum absolute atomic E-state index is 0.183. The average molecular weight is 360 g/mol. The first-order chi connectivity index (χ1) is 12.4. The molecule has 0 bridgehead atoms. The maximum atomic E-state index is 11.9. The minimum Gasteiger partial charge on any atom is -0.459 e. The normalized spacial score (nSPS) is 11.5. The number of carbonyl (C=O) groups is 1. The largest absolute Gasteiger partial charge is 0.459 e. The molecule has 3 N–H and O–H groups in total. The van der Waals surface area contributed by atoms with Crippen LogP contribution >= 0.6 is 0 Å². The number of furan rings is 1. The van der Waals surface area contributed by atoms with E-state index in [0.717, 1.165) is 29.3 Å². The second-order valence-corrected chi connectivity index (χ2v) is 6.17. The van der Waals surface area contributed by atoms with Crippen LogP contribution in [0.4, 0.5) is 0 Å². The Bertz CT molecular complexity index is 775. The Balaban J connectivity index is 1.69. The molecule has 0 aliphatic heterocycles. The van der Waals surface area contributed by atoms with Crippen LogP contribution in [0.3, 0.4) is 0 Å². The zero-order valence-corrected chi connectivity index (χ0v) is 16.1. The van der Waals surface area contributed by atoms with Crippen molar-refractivity contribution < 1.29 is 9.21 Å². The fraction of sp³-hybridized carbons (Fsp3) is 0.500. The predicted octanol–water partition coefficient (Wildman–Crippen LogP) is 1.42. The van der Waals surface area contributed by atoms with Crippen molar-refractivity contribution in [3.05, 3.63) is 40.6 Å². The molecule has 8 nitrogen and oxygen atoms in total. The summed E-state index contributed by atoms with van der Waals surface area (Å²) in [5.41, 5.74) is 4.17. The highest BCUT2D eigenvalue weighted by Gasteiger charge is 2.12. The van der Waals surface area contributed by atoms with E-state index in [0.29, 0.717) is 25.4 Å². The summed E-state index contributed by atoms with van der Waals surface area (Å²) in [5, 5.41) is 13.8. The van der Waals surface area contributed by atoms with Gasteiger partial charge in [0.15, 0.2) is 11.7 Å². The van der Waals surface area contributed by atoms with Crippen molar-refractivity contribution in [1.82, 2.24) is 25.7 Å². The number of nitrogens with one attached hydrogen (secondary N) is 3. The minimum atomic E-state index is -0.183. The maximum Gasteiger partial charge on any atom is 0.287 e. The van der Waals surface area contributed by atoms with Gasteiger partial charge in [0.05, 0.1) is 12.0 Å². The standard InChI is InChI=1S/C18H28N6O2/c1-12-7-10-26-16(12)17(25)20-8-6-9-21-18(19-4)22-11-15-13(2)23-24(5)14(15)3/h7,10H,6,8-9,11H2,1-5H3,(H,20,25)(H2,19,21,22). The van der Waals surface area contributed by atoms with Crippen LogP contribution in [0.5, 0.6) is 0 Å². The number of rotatable bonds is 7. The quantitative estimate of drug-likeness (QED) is 0.394. The summed E-state index contributed by atoms with van der Waals surface area (Å²) in [7, 11) is 3.68. The molecule has 0 aliphatic carbocycles. The van der Waals surface area contributed by atoms with Gasteiger partial charge in [0, 0.05) is 50.6 Å². The van der Waals surface area contributed by atoms with E-state index in [1.807, 2.05) is 25.6 Å². The summed E-state index contributed by atoms with van der Waals surface area (Å²) in [4.78, 5) is 16.2. The Hall–Kier alpha value is -2.77. The van der Waals surface area contributed by atoms with Crippen molar-refractivity contribution >= 4 is 11.9 Å². The molecule has 142 valence electrons. The van der Waals surface area contributed by atoms with Gasteiger partial charge >= 0.3 is 0 Å². The van der Waals surface area contributed by atoms with E-state index in [2.05, 4.69) is 33.0 Å². The molecule has 0 saturated carbocycles. The van der Waals surface area contributed by atoms with Crippen molar-refractivity contribution in [3.63, 3.8) is 0 Å². The highest BCUT2D eigenvalue weighted by atomic mass is 16.3. The van der Waals surface area contributed by atoms with Gasteiger partial charge in [0.1, 0.15) is 0 Å². The molecule has 8 heteroatoms. The van der Waals surface area contributed by atoms with Crippen LogP contribution in [-0.4, -0.2) is 41.8 Å². The van der Waals surface area contributed by atoms with Crippen molar-refractivity contribution in [3.8, 4) is 0 Å². The lowest BCUT2D eigenvalue weighted by Gasteiger charge is -2.12. The Labute approximate surface area is 154 Å². The third kappa shape index (κ3) is 4.87. The predicted molar refractivity (Wildman–Crippen MR) is 101 cm³/mol. The lowest BCUT2D eigenvalue weighted by molar-refractivity contribution is 0.0925. The topological polar surface area (TPSA) is 96.5 Å². The lowest BCUT2D eigenvalue weighted by Crippen LogP contribution is -2.38. The molecule has 2 aromatic heterocycles. The molecule has 0 aliphatic rings. The molecule has 0 spiro atoms. The Morgan fingerprint density at radius 2 is 1.96 bits per heavy atom. The van der Waals surface area contributed by atoms with Crippen LogP contribution in [0, 0.1) is 20.8 Å². The number of carbonyl (C=O) groups excluding carboxylic acids is 1. The SMILES string of the molecule is CN=C(NCCCNC(=O)c1occc1C)NCc1c(C)nn(C)c1C. The van der Waals surface area contributed by atoms with Gasteiger partial charge in [0.25, 0.3) is 5.91 Å². The number of nitrogens with zero attached hydrogens (tertiary/aromatic N) is 3. The monoisotopic (exact) mass is 360 g/mol. The number of amides is 1. The molecule has 0 unspecified atom stereocenters. The second-order valence-electron chi connectivity index (χ2n) is 6.17. The van der Waals surface area contributed by atoms with Crippen LogP contribution in [0.25, 0.3) is 0 Å². The van der Waals surface area contributed by atoms with E-state index in [1.54, 1.807) is 13.1 Å². The first-order valence-corrected chi connectivity index (χ1v) is 8.70. The number of aliphatic imine (C=N–C) groups is 1. The number of hydrogen-bond donors (Lipinski definition) is 3. The van der Waals surface area contributed by atoms with E-state index >= 15 is 0 Å². The second kappa shape index (κ2) is 9.07. The van der Waals surface area contributed by atoms with Crippen LogP contribution < -0.4 is 16.0 Å². The van der Waals surface area contributed by atoms with E-state index < -0.39 is 0 Å². The summed E-state index contributed by atoms with van der Waals surface area (Å²) >= 11 is 0. The summed E-state index contributed by atoms with van der Waals surface area (Å²) in [6.45, 7) is 7.83. The lowest BCUT2D eigenvalue weighted by atomic mass is 10.2. The summed E-state index contributed by atoms with van der Waals surface area (Å²) in [5.74, 6) is 0.913. The van der Waals surface area contributed by atoms with Crippen LogP contribution in [-0.2, 0) is 13.6 Å². The number of hydrogen-bond acceptors (Lipinski definition) is 4. The van der Waals surface area contributed by atoms with Crippen LogP contribution in [0.2, 0.25) is 0 Å². The number of aromatic nitrogens is 2. The van der Waals surface area contributed by atoms with Crippen molar-refractivity contribution in [2.45, 2.75) is 33.7 Å². The Kier molecular flexibility index (Phi) is 6.82. The van der Waals surface area contributed by atoms with Gasteiger partial charge in [-0.2, -0.15) is 5.10 Å². The smallest absolute Gasteiger partial charge is 0.287 e. The molecule has 0 saturated heterocycles. The first-order valence-electron chi connectivity index (χ1n) is 8.70. The van der Waals surface area contributed by atoms with E-state index in [1.165, 1.54) is 11.8 Å². The van der Waals surface area contributed by atoms with Gasteiger partial charge in [0.2, 0.25) is 0 Å². The molecule has 0 radical (unpaired) electrons. The van der Waals surface area contributed by atoms with Crippen LogP contribution in [0.1, 0.15) is 39.5 Å². The molecule has 2 rings (SSSR count). The van der Waals surface area contributed by atoms with Crippen molar-refractivity contribution in [2.75, 3.05) is 20.1 Å². The molecule has 2 aromatic rings. The fourth-order valence-electron chi connectivity index (χ4n) is 2.65. The van der Waals surface area contributed by atoms with Gasteiger partial charge in [-0.15, -0.1) is 0 Å². The molecule has 26 heavy (non-hydrogen) atoms. The van der Waals surface area contributed by atoms with Crippen LogP contribution in [0.15, 0.2) is 21.7 Å². The highest BCUT2D eigenvalue weighted by Crippen LogP contribution is 2.11. The molecule has 0 atom stereocenters. The zero-order chi connectivity index (χ0) is 19.1. The van der Waals surface area contributed by atoms with E-state index in [4.69, 9.17) is 4.42 Å². The molecular formula is C18H28N6O2. The average Bonchev–Trinajstić information content (AvgIpc) is 3.14. The highest BCUT2D eigenvalue weighted by molar-refractivity contribution is 5.92. The van der Waals surface area contributed by atoms with Gasteiger partial charge in [-0.1, -0.05) is 0 Å². The zero-order valence-electron chi connectivity index (χ0n) is 16.1. The molecule has 2 heterocycles. The number of aryl methyl sites for hydroxylation is 3. The summed E-state index contributed by atoms with van der Waals surface area (Å²) < 4.78 is 7.05. The van der Waals surface area contributed by atoms with Gasteiger partial charge < -0.3 is 20.4 Å².